The van der Waals surface area contributed by atoms with Crippen LogP contribution in [0.3, 0.4) is 0 Å². The van der Waals surface area contributed by atoms with Gasteiger partial charge in [0.25, 0.3) is 0 Å². The number of hydrogen-bond donors (Lipinski definition) is 3. The van der Waals surface area contributed by atoms with Gasteiger partial charge < -0.3 is 15.7 Å². The number of rotatable bonds is 4. The van der Waals surface area contributed by atoms with E-state index in [1.54, 1.807) is 36.4 Å². The van der Waals surface area contributed by atoms with Crippen LogP contribution in [-0.4, -0.2) is 29.4 Å². The molecule has 1 aliphatic rings. The number of carbonyl (C=O) groups is 1. The van der Waals surface area contributed by atoms with Gasteiger partial charge in [0.15, 0.2) is 0 Å². The predicted octanol–water partition coefficient (Wildman–Crippen LogP) is 3.66. The second-order valence-electron chi connectivity index (χ2n) is 5.34. The van der Waals surface area contributed by atoms with Gasteiger partial charge in [-0.15, -0.1) is 0 Å². The average Bonchev–Trinajstić information content (AvgIpc) is 2.99. The molecule has 0 bridgehead atoms. The first-order valence-corrected chi connectivity index (χ1v) is 8.15. The van der Waals surface area contributed by atoms with Gasteiger partial charge in [0, 0.05) is 15.7 Å². The molecule has 0 atom stereocenters. The highest BCUT2D eigenvalue weighted by atomic mass is 35.5. The lowest BCUT2D eigenvalue weighted by atomic mass is 10.1. The number of guanidine groups is 1. The zero-order chi connectivity index (χ0) is 17.8. The number of nitrogens with zero attached hydrogens (tertiary/aromatic N) is 2. The highest BCUT2D eigenvalue weighted by Crippen LogP contribution is 2.22. The second kappa shape index (κ2) is 7.55. The van der Waals surface area contributed by atoms with Crippen LogP contribution in [-0.2, 0) is 6.54 Å². The number of halogens is 2. The van der Waals surface area contributed by atoms with E-state index in [1.165, 1.54) is 0 Å². The van der Waals surface area contributed by atoms with E-state index in [-0.39, 0.29) is 5.56 Å². The van der Waals surface area contributed by atoms with Crippen molar-refractivity contribution < 1.29 is 9.90 Å². The number of aliphatic imine (C=N–C) groups is 2. The third-order valence-corrected chi connectivity index (χ3v) is 3.84. The summed E-state index contributed by atoms with van der Waals surface area (Å²) < 4.78 is 0. The van der Waals surface area contributed by atoms with Gasteiger partial charge in [0.2, 0.25) is 5.96 Å². The number of carboxylic acid groups (broad SMARTS) is 1. The van der Waals surface area contributed by atoms with E-state index in [1.807, 2.05) is 6.07 Å². The Bertz CT molecular complexity index is 860. The minimum atomic E-state index is -0.955. The maximum Gasteiger partial charge on any atom is 0.335 e. The molecule has 25 heavy (non-hydrogen) atoms. The first-order valence-electron chi connectivity index (χ1n) is 7.40. The Morgan fingerprint density at radius 3 is 2.72 bits per heavy atom. The summed E-state index contributed by atoms with van der Waals surface area (Å²) in [4.78, 5) is 19.7. The first-order chi connectivity index (χ1) is 12.0. The van der Waals surface area contributed by atoms with Crippen molar-refractivity contribution in [2.24, 2.45) is 9.98 Å². The van der Waals surface area contributed by atoms with Crippen molar-refractivity contribution >= 4 is 46.7 Å². The molecule has 3 N–H and O–H groups in total. The van der Waals surface area contributed by atoms with Crippen LogP contribution in [0.15, 0.2) is 52.4 Å². The molecule has 8 heteroatoms. The molecule has 0 radical (unpaired) electrons. The van der Waals surface area contributed by atoms with Crippen molar-refractivity contribution in [3.05, 3.63) is 63.6 Å². The minimum absolute atomic E-state index is 0.244. The lowest BCUT2D eigenvalue weighted by molar-refractivity contribution is 0.0697. The largest absolute Gasteiger partial charge is 0.478 e. The second-order valence-corrected chi connectivity index (χ2v) is 6.21. The number of carboxylic acids is 1. The highest BCUT2D eigenvalue weighted by Gasteiger charge is 2.12. The van der Waals surface area contributed by atoms with Gasteiger partial charge >= 0.3 is 5.97 Å². The van der Waals surface area contributed by atoms with Crippen LogP contribution in [0.2, 0.25) is 10.0 Å². The minimum Gasteiger partial charge on any atom is -0.478 e. The highest BCUT2D eigenvalue weighted by molar-refractivity contribution is 6.35. The first kappa shape index (κ1) is 17.3. The number of aromatic carboxylic acids is 1. The lowest BCUT2D eigenvalue weighted by Gasteiger charge is -2.08. The van der Waals surface area contributed by atoms with Gasteiger partial charge in [-0.2, -0.15) is 0 Å². The fourth-order valence-electron chi connectivity index (χ4n) is 2.28. The number of nitrogens with one attached hydrogen (secondary N) is 2. The molecular weight excluding hydrogens is 363 g/mol. The third kappa shape index (κ3) is 4.71. The van der Waals surface area contributed by atoms with Crippen molar-refractivity contribution in [2.45, 2.75) is 6.54 Å². The number of hydrogen-bond acceptors (Lipinski definition) is 4. The van der Waals surface area contributed by atoms with Gasteiger partial charge in [-0.3, -0.25) is 4.99 Å². The van der Waals surface area contributed by atoms with Crippen LogP contribution in [0.25, 0.3) is 0 Å². The Balaban J connectivity index is 1.61. The Kier molecular flexibility index (Phi) is 5.21. The molecule has 3 rings (SSSR count). The topological polar surface area (TPSA) is 86.1 Å². The molecule has 0 spiro atoms. The van der Waals surface area contributed by atoms with Crippen LogP contribution in [0.4, 0.5) is 5.69 Å². The van der Waals surface area contributed by atoms with Crippen LogP contribution < -0.4 is 10.6 Å². The molecular formula is C17H14Cl2N4O2. The maximum absolute atomic E-state index is 11.0. The zero-order valence-electron chi connectivity index (χ0n) is 13.0. The summed E-state index contributed by atoms with van der Waals surface area (Å²) >= 11 is 11.9. The van der Waals surface area contributed by atoms with E-state index in [0.717, 1.165) is 11.3 Å². The molecule has 0 saturated carbocycles. The smallest absolute Gasteiger partial charge is 0.335 e. The molecule has 0 unspecified atom stereocenters. The summed E-state index contributed by atoms with van der Waals surface area (Å²) in [5.41, 5.74) is 1.78. The van der Waals surface area contributed by atoms with E-state index in [0.29, 0.717) is 34.9 Å². The quantitative estimate of drug-likeness (QED) is 0.759. The van der Waals surface area contributed by atoms with Gasteiger partial charge in [0.1, 0.15) is 12.4 Å². The summed E-state index contributed by atoms with van der Waals surface area (Å²) in [6.45, 7) is 0.782. The molecule has 6 nitrogen and oxygen atoms in total. The standard InChI is InChI=1S/C17H14Cl2N4O2/c18-12-5-13(19)7-14(6-12)22-17-21-9-15(23-17)20-8-10-2-1-3-11(4-10)16(24)25/h1-7H,8-9H2,(H,24,25)(H2,20,21,22,23). The molecule has 0 amide bonds. The molecule has 0 saturated heterocycles. The summed E-state index contributed by atoms with van der Waals surface area (Å²) in [6.07, 6.45) is 0. The molecule has 128 valence electrons. The van der Waals surface area contributed by atoms with Gasteiger partial charge in [-0.1, -0.05) is 35.3 Å². The van der Waals surface area contributed by atoms with Crippen LogP contribution >= 0.6 is 23.2 Å². The van der Waals surface area contributed by atoms with E-state index in [9.17, 15) is 4.79 Å². The average molecular weight is 377 g/mol. The van der Waals surface area contributed by atoms with Crippen molar-refractivity contribution in [2.75, 3.05) is 11.9 Å². The van der Waals surface area contributed by atoms with Crippen LogP contribution in [0, 0.1) is 0 Å². The van der Waals surface area contributed by atoms with Crippen LogP contribution in [0.1, 0.15) is 15.9 Å². The van der Waals surface area contributed by atoms with E-state index >= 15 is 0 Å². The predicted molar refractivity (Wildman–Crippen MR) is 100 cm³/mol. The number of anilines is 1. The normalized spacial score (nSPS) is 15.0. The molecule has 1 aliphatic heterocycles. The Morgan fingerprint density at radius 1 is 1.24 bits per heavy atom. The van der Waals surface area contributed by atoms with Crippen LogP contribution in [0.5, 0.6) is 0 Å². The molecule has 2 aromatic carbocycles. The zero-order valence-corrected chi connectivity index (χ0v) is 14.5. The van der Waals surface area contributed by atoms with Gasteiger partial charge in [0.05, 0.1) is 12.1 Å². The molecule has 0 fully saturated rings. The van der Waals surface area contributed by atoms with E-state index in [4.69, 9.17) is 28.3 Å². The summed E-state index contributed by atoms with van der Waals surface area (Å²) in [6, 6.07) is 11.8. The molecule has 1 heterocycles. The SMILES string of the molecule is O=C(O)c1cccc(CN=C2CN=C(Nc3cc(Cl)cc(Cl)c3)N2)c1. The summed E-state index contributed by atoms with van der Waals surface area (Å²) in [5.74, 6) is 0.288. The lowest BCUT2D eigenvalue weighted by Crippen LogP contribution is -2.30. The van der Waals surface area contributed by atoms with Crippen molar-refractivity contribution in [1.29, 1.82) is 0 Å². The van der Waals surface area contributed by atoms with Crippen molar-refractivity contribution in [3.63, 3.8) is 0 Å². The maximum atomic E-state index is 11.0. The van der Waals surface area contributed by atoms with E-state index < -0.39 is 5.97 Å². The summed E-state index contributed by atoms with van der Waals surface area (Å²) in [5, 5.41) is 16.2. The fourth-order valence-corrected chi connectivity index (χ4v) is 2.81. The van der Waals surface area contributed by atoms with Crippen molar-refractivity contribution in [3.8, 4) is 0 Å². The summed E-state index contributed by atoms with van der Waals surface area (Å²) in [7, 11) is 0. The van der Waals surface area contributed by atoms with Gasteiger partial charge in [-0.25, -0.2) is 9.79 Å². The Morgan fingerprint density at radius 2 is 2.00 bits per heavy atom. The Hall–Kier alpha value is -2.57. The molecule has 0 aromatic heterocycles. The van der Waals surface area contributed by atoms with Gasteiger partial charge in [-0.05, 0) is 35.9 Å². The number of benzene rings is 2. The van der Waals surface area contributed by atoms with E-state index in [2.05, 4.69) is 20.6 Å². The molecule has 2 aromatic rings. The fraction of sp³-hybridized carbons (Fsp3) is 0.118. The van der Waals surface area contributed by atoms with Crippen molar-refractivity contribution in [1.82, 2.24) is 5.32 Å². The monoisotopic (exact) mass is 376 g/mol. The molecule has 0 aliphatic carbocycles. The number of amidine groups is 1. The third-order valence-electron chi connectivity index (χ3n) is 3.40. The Labute approximate surface area is 154 Å².